The zero-order chi connectivity index (χ0) is 47.4. The van der Waals surface area contributed by atoms with Crippen LogP contribution in [0.25, 0.3) is 0 Å². The van der Waals surface area contributed by atoms with Crippen LogP contribution in [0.5, 0.6) is 0 Å². The van der Waals surface area contributed by atoms with Crippen molar-refractivity contribution in [3.63, 3.8) is 0 Å². The van der Waals surface area contributed by atoms with Crippen molar-refractivity contribution >= 4 is 23.8 Å². The SMILES string of the molecule is CCCCCCCCCCCCCCCC(=O)OCCCOC(CNC)C(CN(C)C(=O)C(Cc1cnc[nH]1)NC(C)=O)OCCCOC(=O)CCCCCCCCCCCCCCC. The van der Waals surface area contributed by atoms with Crippen molar-refractivity contribution in [2.75, 3.05) is 53.6 Å². The summed E-state index contributed by atoms with van der Waals surface area (Å²) in [6.45, 7) is 7.69. The van der Waals surface area contributed by atoms with Crippen LogP contribution in [0, 0.1) is 0 Å². The van der Waals surface area contributed by atoms with E-state index >= 15 is 0 Å². The molecule has 1 aromatic rings. The van der Waals surface area contributed by atoms with Gasteiger partial charge in [0, 0.05) is 71.1 Å². The van der Waals surface area contributed by atoms with Crippen molar-refractivity contribution in [2.45, 2.75) is 238 Å². The lowest BCUT2D eigenvalue weighted by Gasteiger charge is -2.32. The molecule has 3 atom stereocenters. The highest BCUT2D eigenvalue weighted by Crippen LogP contribution is 2.16. The van der Waals surface area contributed by atoms with Gasteiger partial charge in [-0.2, -0.15) is 0 Å². The van der Waals surface area contributed by atoms with Gasteiger partial charge in [-0.05, 0) is 19.9 Å². The van der Waals surface area contributed by atoms with Crippen molar-refractivity contribution < 1.29 is 38.1 Å². The number of unbranched alkanes of at least 4 members (excludes halogenated alkanes) is 24. The number of amides is 2. The summed E-state index contributed by atoms with van der Waals surface area (Å²) in [5.74, 6) is -0.939. The largest absolute Gasteiger partial charge is 0.466 e. The minimum absolute atomic E-state index is 0.171. The molecule has 3 unspecified atom stereocenters. The average molecular weight is 920 g/mol. The second-order valence-electron chi connectivity index (χ2n) is 18.3. The molecule has 0 aliphatic carbocycles. The highest BCUT2D eigenvalue weighted by molar-refractivity contribution is 5.87. The normalized spacial score (nSPS) is 12.8. The number of esters is 2. The third-order valence-electron chi connectivity index (χ3n) is 12.0. The van der Waals surface area contributed by atoms with Crippen molar-refractivity contribution in [1.29, 1.82) is 0 Å². The van der Waals surface area contributed by atoms with E-state index in [1.54, 1.807) is 18.1 Å². The Labute approximate surface area is 396 Å². The Kier molecular flexibility index (Phi) is 40.2. The second kappa shape index (κ2) is 43.5. The van der Waals surface area contributed by atoms with Crippen LogP contribution in [0.2, 0.25) is 0 Å². The first kappa shape index (κ1) is 60.0. The number of carbonyl (C=O) groups excluding carboxylic acids is 4. The first-order chi connectivity index (χ1) is 31.7. The predicted molar refractivity (Wildman–Crippen MR) is 263 cm³/mol. The van der Waals surface area contributed by atoms with E-state index in [1.165, 1.54) is 142 Å². The molecule has 13 nitrogen and oxygen atoms in total. The standard InChI is InChI=1S/C52H97N5O8/c1-6-8-10-12-14-16-18-20-22-24-26-28-30-34-50(59)64-38-32-36-62-48(42-53-4)49(43-57(5)52(61)47(56-45(3)58)40-46-41-54-44-55-46)63-37-33-39-65-51(60)35-31-29-27-25-23-21-19-17-15-13-11-9-7-2/h41,44,47-49,53H,6-40,42-43H2,1-5H3,(H,54,55)(H,56,58). The first-order valence-corrected chi connectivity index (χ1v) is 26.4. The Hall–Kier alpha value is -3.03. The number of hydrogen-bond donors (Lipinski definition) is 3. The number of H-pyrrole nitrogens is 1. The van der Waals surface area contributed by atoms with Gasteiger partial charge in [0.05, 0.1) is 38.9 Å². The number of hydrogen-bond acceptors (Lipinski definition) is 10. The molecule has 1 aromatic heterocycles. The minimum atomic E-state index is -0.800. The summed E-state index contributed by atoms with van der Waals surface area (Å²) in [5, 5.41) is 5.96. The minimum Gasteiger partial charge on any atom is -0.466 e. The lowest BCUT2D eigenvalue weighted by Crippen LogP contribution is -2.52. The molecule has 0 aliphatic heterocycles. The number of nitrogens with zero attached hydrogens (tertiary/aromatic N) is 2. The molecule has 0 spiro atoms. The molecule has 0 bridgehead atoms. The lowest BCUT2D eigenvalue weighted by molar-refractivity contribution is -0.146. The molecule has 0 saturated carbocycles. The highest BCUT2D eigenvalue weighted by Gasteiger charge is 2.30. The van der Waals surface area contributed by atoms with Crippen LogP contribution in [0.1, 0.15) is 219 Å². The summed E-state index contributed by atoms with van der Waals surface area (Å²) in [6.07, 6.45) is 37.1. The zero-order valence-electron chi connectivity index (χ0n) is 42.2. The molecule has 3 N–H and O–H groups in total. The fourth-order valence-corrected chi connectivity index (χ4v) is 8.14. The van der Waals surface area contributed by atoms with E-state index < -0.39 is 18.2 Å². The molecule has 65 heavy (non-hydrogen) atoms. The Morgan fingerprint density at radius 2 is 1.02 bits per heavy atom. The van der Waals surface area contributed by atoms with Crippen LogP contribution >= 0.6 is 0 Å². The average Bonchev–Trinajstić information content (AvgIpc) is 3.81. The van der Waals surface area contributed by atoms with Gasteiger partial charge in [-0.3, -0.25) is 19.2 Å². The molecule has 378 valence electrons. The van der Waals surface area contributed by atoms with Gasteiger partial charge in [0.15, 0.2) is 0 Å². The summed E-state index contributed by atoms with van der Waals surface area (Å²) in [6, 6.07) is -0.800. The number of imidazole rings is 1. The fourth-order valence-electron chi connectivity index (χ4n) is 8.14. The van der Waals surface area contributed by atoms with Crippen LogP contribution in [-0.2, 0) is 44.5 Å². The van der Waals surface area contributed by atoms with E-state index in [2.05, 4.69) is 34.4 Å². The van der Waals surface area contributed by atoms with E-state index in [9.17, 15) is 19.2 Å². The summed E-state index contributed by atoms with van der Waals surface area (Å²) in [5.41, 5.74) is 0.725. The van der Waals surface area contributed by atoms with Gasteiger partial charge in [0.2, 0.25) is 11.8 Å². The molecule has 0 aliphatic rings. The van der Waals surface area contributed by atoms with Crippen LogP contribution in [0.4, 0.5) is 0 Å². The second-order valence-corrected chi connectivity index (χ2v) is 18.3. The van der Waals surface area contributed by atoms with E-state index in [1.807, 2.05) is 7.05 Å². The highest BCUT2D eigenvalue weighted by atomic mass is 16.6. The molecule has 2 amide bonds. The van der Waals surface area contributed by atoms with Crippen molar-refractivity contribution in [3.05, 3.63) is 18.2 Å². The summed E-state index contributed by atoms with van der Waals surface area (Å²) < 4.78 is 23.8. The van der Waals surface area contributed by atoms with Crippen LogP contribution in [-0.4, -0.2) is 110 Å². The van der Waals surface area contributed by atoms with Gasteiger partial charge in [-0.25, -0.2) is 4.98 Å². The Balaban J connectivity index is 2.52. The quantitative estimate of drug-likeness (QED) is 0.0424. The van der Waals surface area contributed by atoms with Gasteiger partial charge in [0.1, 0.15) is 12.1 Å². The Bertz CT molecular complexity index is 1270. The number of carbonyl (C=O) groups is 4. The molecule has 0 saturated heterocycles. The maximum Gasteiger partial charge on any atom is 0.305 e. The number of aromatic amines is 1. The first-order valence-electron chi connectivity index (χ1n) is 26.4. The number of ether oxygens (including phenoxy) is 4. The maximum atomic E-state index is 13.7. The zero-order valence-corrected chi connectivity index (χ0v) is 42.2. The lowest BCUT2D eigenvalue weighted by atomic mass is 10.0. The van der Waals surface area contributed by atoms with Gasteiger partial charge < -0.3 is 39.5 Å². The third kappa shape index (κ3) is 35.8. The molecular weight excluding hydrogens is 823 g/mol. The Morgan fingerprint density at radius 3 is 1.40 bits per heavy atom. The fraction of sp³-hybridized carbons (Fsp3) is 0.865. The van der Waals surface area contributed by atoms with Crippen molar-refractivity contribution in [3.8, 4) is 0 Å². The van der Waals surface area contributed by atoms with Crippen LogP contribution in [0.3, 0.4) is 0 Å². The summed E-state index contributed by atoms with van der Waals surface area (Å²) in [7, 11) is 3.51. The monoisotopic (exact) mass is 920 g/mol. The smallest absolute Gasteiger partial charge is 0.305 e. The molecule has 1 heterocycles. The van der Waals surface area contributed by atoms with Gasteiger partial charge >= 0.3 is 11.9 Å². The molecule has 0 radical (unpaired) electrons. The van der Waals surface area contributed by atoms with Crippen LogP contribution < -0.4 is 10.6 Å². The van der Waals surface area contributed by atoms with Crippen molar-refractivity contribution in [2.24, 2.45) is 0 Å². The van der Waals surface area contributed by atoms with Gasteiger partial charge in [0.25, 0.3) is 0 Å². The van der Waals surface area contributed by atoms with E-state index in [-0.39, 0.29) is 49.9 Å². The van der Waals surface area contributed by atoms with Crippen LogP contribution in [0.15, 0.2) is 12.5 Å². The Morgan fingerprint density at radius 1 is 0.600 bits per heavy atom. The summed E-state index contributed by atoms with van der Waals surface area (Å²) in [4.78, 5) is 59.3. The molecular formula is C52H97N5O8. The molecule has 1 rings (SSSR count). The third-order valence-corrected chi connectivity index (χ3v) is 12.0. The summed E-state index contributed by atoms with van der Waals surface area (Å²) >= 11 is 0. The molecule has 0 fully saturated rings. The topological polar surface area (TPSA) is 161 Å². The predicted octanol–water partition coefficient (Wildman–Crippen LogP) is 10.7. The van der Waals surface area contributed by atoms with Gasteiger partial charge in [-0.1, -0.05) is 168 Å². The number of nitrogens with one attached hydrogen (secondary N) is 3. The van der Waals surface area contributed by atoms with Gasteiger partial charge in [-0.15, -0.1) is 0 Å². The van der Waals surface area contributed by atoms with E-state index in [4.69, 9.17) is 18.9 Å². The molecule has 0 aromatic carbocycles. The number of rotatable bonds is 47. The number of aromatic nitrogens is 2. The van der Waals surface area contributed by atoms with E-state index in [0.29, 0.717) is 45.4 Å². The number of likely N-dealkylation sites (N-methyl/N-ethyl adjacent to an activating group) is 2. The van der Waals surface area contributed by atoms with Crippen molar-refractivity contribution in [1.82, 2.24) is 25.5 Å². The van der Waals surface area contributed by atoms with E-state index in [0.717, 1.165) is 44.2 Å². The maximum absolute atomic E-state index is 13.7. The molecule has 13 heteroatoms.